The molecule has 0 amide bonds. The highest BCUT2D eigenvalue weighted by Gasteiger charge is 2.59. The van der Waals surface area contributed by atoms with E-state index in [1.165, 1.54) is 31.4 Å². The number of hydrogen-bond donors (Lipinski definition) is 0. The van der Waals surface area contributed by atoms with Gasteiger partial charge in [0.1, 0.15) is 6.10 Å². The minimum absolute atomic E-state index is 0.0796. The van der Waals surface area contributed by atoms with Crippen molar-refractivity contribution in [3.05, 3.63) is 25.3 Å². The van der Waals surface area contributed by atoms with E-state index >= 15 is 0 Å². The highest BCUT2D eigenvalue weighted by molar-refractivity contribution is 5.81. The van der Waals surface area contributed by atoms with Crippen LogP contribution in [0.5, 0.6) is 0 Å². The zero-order valence-electron chi connectivity index (χ0n) is 14.6. The summed E-state index contributed by atoms with van der Waals surface area (Å²) in [5.41, 5.74) is 0.325. The molecule has 0 aromatic rings. The summed E-state index contributed by atoms with van der Waals surface area (Å²) < 4.78 is 10.9. The molecular formula is C20H28O4. The molecule has 4 saturated carbocycles. The van der Waals surface area contributed by atoms with Crippen LogP contribution in [0.15, 0.2) is 25.3 Å². The van der Waals surface area contributed by atoms with E-state index in [0.29, 0.717) is 18.4 Å². The summed E-state index contributed by atoms with van der Waals surface area (Å²) >= 11 is 0. The molecule has 0 aliphatic heterocycles. The fourth-order valence-corrected chi connectivity index (χ4v) is 6.07. The van der Waals surface area contributed by atoms with Gasteiger partial charge in [-0.3, -0.25) is 0 Å². The summed E-state index contributed by atoms with van der Waals surface area (Å²) in [5.74, 6) is 0.757. The van der Waals surface area contributed by atoms with Crippen LogP contribution in [0.4, 0.5) is 0 Å². The molecule has 4 fully saturated rings. The van der Waals surface area contributed by atoms with Crippen molar-refractivity contribution in [1.82, 2.24) is 0 Å². The first-order valence-electron chi connectivity index (χ1n) is 9.03. The minimum atomic E-state index is -0.345. The van der Waals surface area contributed by atoms with Crippen LogP contribution in [0.3, 0.4) is 0 Å². The van der Waals surface area contributed by atoms with Crippen LogP contribution in [0.25, 0.3) is 0 Å². The average Bonchev–Trinajstić information content (AvgIpc) is 2.53. The highest BCUT2D eigenvalue weighted by Crippen LogP contribution is 2.67. The molecule has 24 heavy (non-hydrogen) atoms. The first kappa shape index (κ1) is 17.2. The average molecular weight is 332 g/mol. The highest BCUT2D eigenvalue weighted by atomic mass is 16.5. The summed E-state index contributed by atoms with van der Waals surface area (Å²) in [6.45, 7) is 9.45. The van der Waals surface area contributed by atoms with E-state index in [4.69, 9.17) is 9.47 Å². The first-order chi connectivity index (χ1) is 11.4. The van der Waals surface area contributed by atoms with E-state index in [1.807, 2.05) is 6.92 Å². The Kier molecular flexibility index (Phi) is 4.58. The molecule has 0 spiro atoms. The topological polar surface area (TPSA) is 52.6 Å². The lowest BCUT2D eigenvalue weighted by Gasteiger charge is -2.63. The van der Waals surface area contributed by atoms with Gasteiger partial charge in [-0.2, -0.15) is 0 Å². The summed E-state index contributed by atoms with van der Waals surface area (Å²) in [6.07, 6.45) is 10.4. The number of rotatable bonds is 7. The van der Waals surface area contributed by atoms with E-state index in [2.05, 4.69) is 13.2 Å². The number of esters is 2. The maximum atomic E-state index is 11.7. The summed E-state index contributed by atoms with van der Waals surface area (Å²) in [4.78, 5) is 23.0. The molecule has 0 aromatic carbocycles. The number of hydrogen-bond acceptors (Lipinski definition) is 4. The lowest BCUT2D eigenvalue weighted by atomic mass is 9.42. The van der Waals surface area contributed by atoms with Crippen molar-refractivity contribution < 1.29 is 19.1 Å². The Labute approximate surface area is 144 Å². The van der Waals surface area contributed by atoms with E-state index in [9.17, 15) is 9.59 Å². The van der Waals surface area contributed by atoms with Gasteiger partial charge in [-0.25, -0.2) is 9.59 Å². The second-order valence-electron chi connectivity index (χ2n) is 8.23. The van der Waals surface area contributed by atoms with Crippen molar-refractivity contribution >= 4 is 11.9 Å². The summed E-state index contributed by atoms with van der Waals surface area (Å²) in [5, 5.41) is 0. The van der Waals surface area contributed by atoms with Crippen LogP contribution in [0.1, 0.15) is 51.9 Å². The molecule has 4 bridgehead atoms. The predicted octanol–water partition coefficient (Wildman–Crippen LogP) is 3.81. The van der Waals surface area contributed by atoms with Gasteiger partial charge in [0.2, 0.25) is 0 Å². The monoisotopic (exact) mass is 332 g/mol. The zero-order valence-corrected chi connectivity index (χ0v) is 14.6. The van der Waals surface area contributed by atoms with Crippen molar-refractivity contribution in [1.29, 1.82) is 0 Å². The van der Waals surface area contributed by atoms with Gasteiger partial charge in [-0.15, -0.1) is 0 Å². The minimum Gasteiger partial charge on any atom is -0.463 e. The molecule has 4 aliphatic rings. The maximum absolute atomic E-state index is 11.7. The molecule has 0 aromatic heterocycles. The molecule has 4 heteroatoms. The van der Waals surface area contributed by atoms with E-state index in [1.54, 1.807) is 0 Å². The van der Waals surface area contributed by atoms with Gasteiger partial charge >= 0.3 is 11.9 Å². The van der Waals surface area contributed by atoms with Crippen molar-refractivity contribution in [2.45, 2.75) is 58.0 Å². The fourth-order valence-electron chi connectivity index (χ4n) is 6.07. The molecule has 3 unspecified atom stereocenters. The van der Waals surface area contributed by atoms with Gasteiger partial charge in [0.05, 0.1) is 6.61 Å². The molecule has 0 radical (unpaired) electrons. The van der Waals surface area contributed by atoms with Gasteiger partial charge in [0.15, 0.2) is 0 Å². The number of carbonyl (C=O) groups is 2. The Morgan fingerprint density at radius 3 is 2.33 bits per heavy atom. The molecule has 4 aliphatic carbocycles. The van der Waals surface area contributed by atoms with Crippen molar-refractivity contribution in [3.8, 4) is 0 Å². The molecule has 0 heterocycles. The molecule has 0 saturated heterocycles. The lowest BCUT2D eigenvalue weighted by Crippen LogP contribution is -2.56. The van der Waals surface area contributed by atoms with Crippen LogP contribution < -0.4 is 0 Å². The Bertz CT molecular complexity index is 536. The molecule has 4 nitrogen and oxygen atoms in total. The second kappa shape index (κ2) is 6.38. The quantitative estimate of drug-likeness (QED) is 0.525. The molecule has 3 atom stereocenters. The Hall–Kier alpha value is -1.58. The number of ether oxygens (including phenoxy) is 2. The largest absolute Gasteiger partial charge is 0.463 e. The van der Waals surface area contributed by atoms with Gasteiger partial charge in [-0.1, -0.05) is 13.2 Å². The van der Waals surface area contributed by atoms with Crippen LogP contribution in [-0.2, 0) is 19.1 Å². The third-order valence-corrected chi connectivity index (χ3v) is 6.59. The van der Waals surface area contributed by atoms with Crippen LogP contribution in [0, 0.1) is 22.7 Å². The third-order valence-electron chi connectivity index (χ3n) is 6.59. The zero-order chi connectivity index (χ0) is 17.4. The Balaban J connectivity index is 1.72. The Morgan fingerprint density at radius 2 is 1.75 bits per heavy atom. The van der Waals surface area contributed by atoms with E-state index in [-0.39, 0.29) is 28.9 Å². The smallest absolute Gasteiger partial charge is 0.330 e. The fraction of sp³-hybridized carbons (Fsp3) is 0.700. The van der Waals surface area contributed by atoms with Crippen molar-refractivity contribution in [2.75, 3.05) is 6.61 Å². The van der Waals surface area contributed by atoms with Gasteiger partial charge in [0, 0.05) is 17.6 Å². The molecule has 0 N–H and O–H groups in total. The summed E-state index contributed by atoms with van der Waals surface area (Å²) in [6, 6.07) is 0. The summed E-state index contributed by atoms with van der Waals surface area (Å²) in [7, 11) is 0. The number of carbonyl (C=O) groups excluding carboxylic acids is 2. The molecule has 4 rings (SSSR count). The van der Waals surface area contributed by atoms with E-state index < -0.39 is 0 Å². The molecular weight excluding hydrogens is 304 g/mol. The van der Waals surface area contributed by atoms with Crippen LogP contribution in [0.2, 0.25) is 0 Å². The van der Waals surface area contributed by atoms with E-state index in [0.717, 1.165) is 25.7 Å². The van der Waals surface area contributed by atoms with Gasteiger partial charge in [-0.05, 0) is 69.1 Å². The van der Waals surface area contributed by atoms with Gasteiger partial charge < -0.3 is 9.47 Å². The predicted molar refractivity (Wildman–Crippen MR) is 91.1 cm³/mol. The van der Waals surface area contributed by atoms with Crippen LogP contribution >= 0.6 is 0 Å². The Morgan fingerprint density at radius 1 is 1.12 bits per heavy atom. The van der Waals surface area contributed by atoms with Crippen molar-refractivity contribution in [3.63, 3.8) is 0 Å². The maximum Gasteiger partial charge on any atom is 0.330 e. The van der Waals surface area contributed by atoms with Crippen LogP contribution in [-0.4, -0.2) is 24.6 Å². The standard InChI is InChI=1S/C20H28O4/c1-4-17(21)23-7-6-19-9-15-8-16(10-19)12-20(11-15,13-19)14(3)24-18(22)5-2/h4-5,14-16H,1-2,6-13H2,3H3. The SMILES string of the molecule is C=CC(=O)OCCC12CC3CC(C1)CC(C(C)OC(=O)C=C)(C3)C2. The molecule has 132 valence electrons. The lowest BCUT2D eigenvalue weighted by molar-refractivity contribution is -0.183. The normalized spacial score (nSPS) is 37.5. The second-order valence-corrected chi connectivity index (χ2v) is 8.23. The van der Waals surface area contributed by atoms with Crippen molar-refractivity contribution in [2.24, 2.45) is 22.7 Å². The third kappa shape index (κ3) is 3.15. The van der Waals surface area contributed by atoms with Gasteiger partial charge in [0.25, 0.3) is 0 Å². The first-order valence-corrected chi connectivity index (χ1v) is 9.03.